The van der Waals surface area contributed by atoms with Gasteiger partial charge in [-0.25, -0.2) is 0 Å². The van der Waals surface area contributed by atoms with Crippen LogP contribution in [0.3, 0.4) is 0 Å². The standard InChI is InChI=1S/C6H8N2O6/c9-7-3-1-12-6-4(14-8(10)11)2-13-5(3)6/h4-6,9H,1-2H2. The smallest absolute Gasteiger partial charge is 0.294 e. The average molecular weight is 204 g/mol. The predicted molar refractivity (Wildman–Crippen MR) is 40.6 cm³/mol. The van der Waals surface area contributed by atoms with Gasteiger partial charge in [0, 0.05) is 0 Å². The van der Waals surface area contributed by atoms with Crippen LogP contribution in [0.5, 0.6) is 0 Å². The fourth-order valence-electron chi connectivity index (χ4n) is 1.61. The van der Waals surface area contributed by atoms with Crippen molar-refractivity contribution in [3.05, 3.63) is 10.1 Å². The zero-order valence-electron chi connectivity index (χ0n) is 7.03. The number of fused-ring (bicyclic) bond motifs is 1. The second-order valence-electron chi connectivity index (χ2n) is 2.99. The van der Waals surface area contributed by atoms with Gasteiger partial charge in [0.15, 0.2) is 6.10 Å². The topological polar surface area (TPSA) is 103 Å². The van der Waals surface area contributed by atoms with E-state index in [9.17, 15) is 10.1 Å². The summed E-state index contributed by atoms with van der Waals surface area (Å²) in [7, 11) is 0. The third kappa shape index (κ3) is 1.38. The molecule has 2 aliphatic rings. The summed E-state index contributed by atoms with van der Waals surface area (Å²) in [5.41, 5.74) is 0.337. The third-order valence-electron chi connectivity index (χ3n) is 2.21. The fourth-order valence-corrected chi connectivity index (χ4v) is 1.61. The van der Waals surface area contributed by atoms with Crippen LogP contribution >= 0.6 is 0 Å². The maximum atomic E-state index is 10.1. The Balaban J connectivity index is 2.04. The van der Waals surface area contributed by atoms with Gasteiger partial charge in [-0.3, -0.25) is 0 Å². The first-order valence-corrected chi connectivity index (χ1v) is 3.97. The molecule has 2 rings (SSSR count). The van der Waals surface area contributed by atoms with Gasteiger partial charge in [0.25, 0.3) is 5.09 Å². The molecule has 0 amide bonds. The van der Waals surface area contributed by atoms with Crippen molar-refractivity contribution in [2.45, 2.75) is 18.3 Å². The van der Waals surface area contributed by atoms with E-state index in [0.29, 0.717) is 5.71 Å². The van der Waals surface area contributed by atoms with Crippen LogP contribution < -0.4 is 0 Å². The minimum Gasteiger partial charge on any atom is -0.411 e. The van der Waals surface area contributed by atoms with Gasteiger partial charge in [0.1, 0.15) is 17.9 Å². The summed E-state index contributed by atoms with van der Waals surface area (Å²) in [4.78, 5) is 14.4. The van der Waals surface area contributed by atoms with E-state index in [1.807, 2.05) is 0 Å². The lowest BCUT2D eigenvalue weighted by Gasteiger charge is -2.12. The van der Waals surface area contributed by atoms with E-state index >= 15 is 0 Å². The van der Waals surface area contributed by atoms with E-state index in [-0.39, 0.29) is 13.2 Å². The molecule has 0 aromatic rings. The summed E-state index contributed by atoms with van der Waals surface area (Å²) in [5, 5.41) is 20.7. The molecule has 2 fully saturated rings. The molecule has 0 aromatic heterocycles. The summed E-state index contributed by atoms with van der Waals surface area (Å²) in [6, 6.07) is 0. The molecule has 14 heavy (non-hydrogen) atoms. The highest BCUT2D eigenvalue weighted by Gasteiger charge is 2.48. The van der Waals surface area contributed by atoms with Crippen molar-refractivity contribution in [1.29, 1.82) is 0 Å². The van der Waals surface area contributed by atoms with Gasteiger partial charge in [0.05, 0.1) is 13.2 Å². The highest BCUT2D eigenvalue weighted by atomic mass is 17.0. The molecule has 2 heterocycles. The lowest BCUT2D eigenvalue weighted by atomic mass is 10.1. The molecule has 8 nitrogen and oxygen atoms in total. The Morgan fingerprint density at radius 2 is 2.43 bits per heavy atom. The second kappa shape index (κ2) is 3.39. The highest BCUT2D eigenvalue weighted by Crippen LogP contribution is 2.26. The van der Waals surface area contributed by atoms with Gasteiger partial charge in [-0.1, -0.05) is 5.16 Å². The number of oxime groups is 1. The number of hydrogen-bond acceptors (Lipinski definition) is 7. The zero-order chi connectivity index (χ0) is 10.1. The fraction of sp³-hybridized carbons (Fsp3) is 0.833. The molecule has 2 aliphatic heterocycles. The Labute approximate surface area is 78.1 Å². The molecule has 0 saturated carbocycles. The Hall–Kier alpha value is -1.41. The lowest BCUT2D eigenvalue weighted by Crippen LogP contribution is -2.32. The maximum Gasteiger partial charge on any atom is 0.294 e. The van der Waals surface area contributed by atoms with Crippen molar-refractivity contribution in [2.24, 2.45) is 5.16 Å². The van der Waals surface area contributed by atoms with Crippen molar-refractivity contribution in [3.8, 4) is 0 Å². The molecule has 3 atom stereocenters. The van der Waals surface area contributed by atoms with Crippen LogP contribution in [-0.4, -0.2) is 47.5 Å². The van der Waals surface area contributed by atoms with Crippen LogP contribution in [0.1, 0.15) is 0 Å². The van der Waals surface area contributed by atoms with Crippen LogP contribution in [0, 0.1) is 10.1 Å². The second-order valence-corrected chi connectivity index (χ2v) is 2.99. The lowest BCUT2D eigenvalue weighted by molar-refractivity contribution is -0.769. The van der Waals surface area contributed by atoms with Gasteiger partial charge in [-0.2, -0.15) is 0 Å². The van der Waals surface area contributed by atoms with Crippen molar-refractivity contribution in [3.63, 3.8) is 0 Å². The molecule has 0 aliphatic carbocycles. The Morgan fingerprint density at radius 1 is 1.64 bits per heavy atom. The van der Waals surface area contributed by atoms with Crippen molar-refractivity contribution >= 4 is 5.71 Å². The third-order valence-corrected chi connectivity index (χ3v) is 2.21. The van der Waals surface area contributed by atoms with Crippen LogP contribution in [-0.2, 0) is 14.3 Å². The number of ether oxygens (including phenoxy) is 2. The van der Waals surface area contributed by atoms with Crippen LogP contribution in [0.25, 0.3) is 0 Å². The largest absolute Gasteiger partial charge is 0.411 e. The van der Waals surface area contributed by atoms with Crippen molar-refractivity contribution in [2.75, 3.05) is 13.2 Å². The molecule has 1 N–H and O–H groups in total. The van der Waals surface area contributed by atoms with E-state index in [2.05, 4.69) is 9.99 Å². The van der Waals surface area contributed by atoms with E-state index in [1.165, 1.54) is 0 Å². The summed E-state index contributed by atoms with van der Waals surface area (Å²) >= 11 is 0. The van der Waals surface area contributed by atoms with Gasteiger partial charge >= 0.3 is 0 Å². The molecule has 8 heteroatoms. The van der Waals surface area contributed by atoms with E-state index in [1.54, 1.807) is 0 Å². The summed E-state index contributed by atoms with van der Waals surface area (Å²) in [6.07, 6.45) is -1.81. The van der Waals surface area contributed by atoms with E-state index in [0.717, 1.165) is 0 Å². The van der Waals surface area contributed by atoms with Gasteiger partial charge < -0.3 is 19.5 Å². The monoisotopic (exact) mass is 204 g/mol. The minimum absolute atomic E-state index is 0.0648. The van der Waals surface area contributed by atoms with Crippen molar-refractivity contribution < 1.29 is 24.6 Å². The minimum atomic E-state index is -0.881. The quantitative estimate of drug-likeness (QED) is 0.358. The summed E-state index contributed by atoms with van der Waals surface area (Å²) in [5.74, 6) is 0. The first kappa shape index (κ1) is 9.16. The number of nitrogens with zero attached hydrogens (tertiary/aromatic N) is 2. The Kier molecular flexibility index (Phi) is 2.22. The summed E-state index contributed by atoms with van der Waals surface area (Å²) in [6.45, 7) is 0.179. The van der Waals surface area contributed by atoms with E-state index in [4.69, 9.17) is 14.7 Å². The SMILES string of the molecule is O=[N+]([O-])OC1COC2C(=NO)COC12. The molecule has 0 spiro atoms. The molecule has 2 saturated heterocycles. The molecular formula is C6H8N2O6. The summed E-state index contributed by atoms with van der Waals surface area (Å²) < 4.78 is 10.3. The molecule has 0 bridgehead atoms. The number of hydrogen-bond donors (Lipinski definition) is 1. The highest BCUT2D eigenvalue weighted by molar-refractivity contribution is 5.92. The van der Waals surface area contributed by atoms with Gasteiger partial charge in [-0.15, -0.1) is 10.1 Å². The first-order chi connectivity index (χ1) is 6.72. The molecule has 3 unspecified atom stereocenters. The van der Waals surface area contributed by atoms with Crippen LogP contribution in [0.2, 0.25) is 0 Å². The molecule has 0 radical (unpaired) electrons. The van der Waals surface area contributed by atoms with Gasteiger partial charge in [0.2, 0.25) is 0 Å². The van der Waals surface area contributed by atoms with Gasteiger partial charge in [-0.05, 0) is 0 Å². The predicted octanol–water partition coefficient (Wildman–Crippen LogP) is -0.809. The average Bonchev–Trinajstić information content (AvgIpc) is 2.67. The van der Waals surface area contributed by atoms with E-state index < -0.39 is 23.4 Å². The van der Waals surface area contributed by atoms with Crippen molar-refractivity contribution in [1.82, 2.24) is 0 Å². The van der Waals surface area contributed by atoms with Crippen LogP contribution in [0.15, 0.2) is 5.16 Å². The zero-order valence-corrected chi connectivity index (χ0v) is 7.03. The maximum absolute atomic E-state index is 10.1. The number of rotatable bonds is 2. The molecular weight excluding hydrogens is 196 g/mol. The first-order valence-electron chi connectivity index (χ1n) is 3.97. The Bertz CT molecular complexity index is 279. The Morgan fingerprint density at radius 3 is 3.07 bits per heavy atom. The normalized spacial score (nSPS) is 38.6. The molecule has 78 valence electrons. The van der Waals surface area contributed by atoms with Crippen LogP contribution in [0.4, 0.5) is 0 Å². The molecule has 0 aromatic carbocycles.